The molecule has 6 heteroatoms. The molecular formula is C20H20O5S. The van der Waals surface area contributed by atoms with Crippen LogP contribution < -0.4 is 4.74 Å². The first kappa shape index (κ1) is 18.3. The molecule has 0 bridgehead atoms. The first-order valence-electron chi connectivity index (χ1n) is 8.27. The summed E-state index contributed by atoms with van der Waals surface area (Å²) < 4.78 is 5.43. The third kappa shape index (κ3) is 3.70. The van der Waals surface area contributed by atoms with E-state index in [1.807, 2.05) is 30.0 Å². The molecule has 0 spiro atoms. The number of carboxylic acids is 1. The molecule has 136 valence electrons. The van der Waals surface area contributed by atoms with Crippen LogP contribution in [0.2, 0.25) is 0 Å². The van der Waals surface area contributed by atoms with Crippen LogP contribution in [0.1, 0.15) is 46.5 Å². The van der Waals surface area contributed by atoms with E-state index >= 15 is 0 Å². The number of hydrogen-bond donors (Lipinski definition) is 2. The lowest BCUT2D eigenvalue weighted by atomic mass is 9.81. The van der Waals surface area contributed by atoms with E-state index in [0.29, 0.717) is 5.56 Å². The second kappa shape index (κ2) is 7.03. The number of ether oxygens (including phenoxy) is 1. The quantitative estimate of drug-likeness (QED) is 0.768. The fraction of sp³-hybridized carbons (Fsp3) is 0.300. The van der Waals surface area contributed by atoms with E-state index in [4.69, 9.17) is 9.84 Å². The number of benzene rings is 2. The first-order chi connectivity index (χ1) is 12.3. The van der Waals surface area contributed by atoms with Crippen LogP contribution in [-0.4, -0.2) is 34.3 Å². The average Bonchev–Trinajstić information content (AvgIpc) is 2.59. The summed E-state index contributed by atoms with van der Waals surface area (Å²) in [6.07, 6.45) is 1.06. The van der Waals surface area contributed by atoms with Crippen molar-refractivity contribution in [1.82, 2.24) is 0 Å². The molecule has 0 saturated carbocycles. The molecule has 1 aliphatic heterocycles. The minimum Gasteiger partial charge on any atom is -0.507 e. The van der Waals surface area contributed by atoms with Crippen molar-refractivity contribution in [3.05, 3.63) is 53.1 Å². The van der Waals surface area contributed by atoms with E-state index in [2.05, 4.69) is 13.8 Å². The number of phenols is 1. The summed E-state index contributed by atoms with van der Waals surface area (Å²) in [5.74, 6) is -0.461. The monoisotopic (exact) mass is 372 g/mol. The van der Waals surface area contributed by atoms with Crippen molar-refractivity contribution in [2.75, 3.05) is 12.4 Å². The Morgan fingerprint density at radius 2 is 1.96 bits per heavy atom. The molecule has 3 rings (SSSR count). The lowest BCUT2D eigenvalue weighted by Gasteiger charge is -2.32. The topological polar surface area (TPSA) is 83.8 Å². The van der Waals surface area contributed by atoms with Crippen LogP contribution >= 0.6 is 11.8 Å². The van der Waals surface area contributed by atoms with Gasteiger partial charge in [-0.15, -0.1) is 11.8 Å². The summed E-state index contributed by atoms with van der Waals surface area (Å²) in [6, 6.07) is 9.60. The van der Waals surface area contributed by atoms with Gasteiger partial charge in [-0.05, 0) is 47.4 Å². The molecule has 0 atom stereocenters. The Bertz CT molecular complexity index is 873. The number of thioether (sulfide) groups is 1. The Labute approximate surface area is 156 Å². The summed E-state index contributed by atoms with van der Waals surface area (Å²) in [5.41, 5.74) is 1.60. The maximum atomic E-state index is 12.5. The molecule has 0 aromatic heterocycles. The smallest absolute Gasteiger partial charge is 0.339 e. The third-order valence-electron chi connectivity index (χ3n) is 4.58. The van der Waals surface area contributed by atoms with Gasteiger partial charge in [-0.25, -0.2) is 4.79 Å². The zero-order chi connectivity index (χ0) is 18.9. The standard InChI is InChI=1S/C20H20O5S/c1-20(2)7-8-26-18-6-3-12(9-15(18)20)17(22)11-25-13-4-5-14(19(23)24)16(21)10-13/h3-6,9-10,21H,7-8,11H2,1-2H3,(H,23,24). The Kier molecular flexibility index (Phi) is 4.96. The average molecular weight is 372 g/mol. The van der Waals surface area contributed by atoms with E-state index < -0.39 is 11.7 Å². The number of aromatic hydroxyl groups is 1. The van der Waals surface area contributed by atoms with Gasteiger partial charge in [-0.2, -0.15) is 0 Å². The number of Topliss-reactive ketones (excluding diaryl/α,β-unsaturated/α-hetero) is 1. The summed E-state index contributed by atoms with van der Waals surface area (Å²) in [6.45, 7) is 4.18. The van der Waals surface area contributed by atoms with Crippen molar-refractivity contribution in [3.8, 4) is 11.5 Å². The second-order valence-electron chi connectivity index (χ2n) is 6.89. The van der Waals surface area contributed by atoms with Gasteiger partial charge in [0, 0.05) is 16.5 Å². The Morgan fingerprint density at radius 1 is 1.19 bits per heavy atom. The van der Waals surface area contributed by atoms with Crippen molar-refractivity contribution in [2.24, 2.45) is 0 Å². The molecule has 0 unspecified atom stereocenters. The van der Waals surface area contributed by atoms with Crippen LogP contribution in [0, 0.1) is 0 Å². The minimum atomic E-state index is -1.22. The molecule has 0 radical (unpaired) electrons. The highest BCUT2D eigenvalue weighted by atomic mass is 32.2. The molecule has 2 N–H and O–H groups in total. The highest BCUT2D eigenvalue weighted by molar-refractivity contribution is 7.99. The maximum absolute atomic E-state index is 12.5. The molecule has 2 aromatic rings. The zero-order valence-electron chi connectivity index (χ0n) is 14.6. The van der Waals surface area contributed by atoms with Gasteiger partial charge < -0.3 is 14.9 Å². The van der Waals surface area contributed by atoms with Crippen LogP contribution in [0.15, 0.2) is 41.3 Å². The van der Waals surface area contributed by atoms with Gasteiger partial charge in [0.15, 0.2) is 12.4 Å². The molecule has 0 amide bonds. The number of aromatic carboxylic acids is 1. The van der Waals surface area contributed by atoms with Crippen molar-refractivity contribution in [2.45, 2.75) is 30.6 Å². The van der Waals surface area contributed by atoms with Gasteiger partial charge >= 0.3 is 5.97 Å². The number of carboxylic acid groups (broad SMARTS) is 1. The Hall–Kier alpha value is -2.47. The van der Waals surface area contributed by atoms with E-state index in [-0.39, 0.29) is 29.1 Å². The number of fused-ring (bicyclic) bond motifs is 1. The third-order valence-corrected chi connectivity index (χ3v) is 5.66. The molecule has 0 aliphatic carbocycles. The summed E-state index contributed by atoms with van der Waals surface area (Å²) in [7, 11) is 0. The minimum absolute atomic E-state index is 0.0379. The Morgan fingerprint density at radius 3 is 2.65 bits per heavy atom. The first-order valence-corrected chi connectivity index (χ1v) is 9.26. The van der Waals surface area contributed by atoms with Gasteiger partial charge in [-0.3, -0.25) is 4.79 Å². The molecule has 5 nitrogen and oxygen atoms in total. The second-order valence-corrected chi connectivity index (χ2v) is 8.03. The van der Waals surface area contributed by atoms with Crippen molar-refractivity contribution in [3.63, 3.8) is 0 Å². The molecule has 0 saturated heterocycles. The van der Waals surface area contributed by atoms with Crippen LogP contribution in [-0.2, 0) is 5.41 Å². The fourth-order valence-electron chi connectivity index (χ4n) is 2.92. The molecule has 26 heavy (non-hydrogen) atoms. The van der Waals surface area contributed by atoms with Crippen molar-refractivity contribution >= 4 is 23.5 Å². The molecule has 1 heterocycles. The van der Waals surface area contributed by atoms with Crippen LogP contribution in [0.4, 0.5) is 0 Å². The Balaban J connectivity index is 1.73. The highest BCUT2D eigenvalue weighted by Gasteiger charge is 2.28. The van der Waals surface area contributed by atoms with E-state index in [1.54, 1.807) is 0 Å². The number of ketones is 1. The maximum Gasteiger partial charge on any atom is 0.339 e. The lowest BCUT2D eigenvalue weighted by Crippen LogP contribution is -2.23. The van der Waals surface area contributed by atoms with E-state index in [9.17, 15) is 14.7 Å². The van der Waals surface area contributed by atoms with E-state index in [0.717, 1.165) is 12.2 Å². The van der Waals surface area contributed by atoms with Crippen LogP contribution in [0.3, 0.4) is 0 Å². The number of carbonyl (C=O) groups is 2. The van der Waals surface area contributed by atoms with E-state index in [1.165, 1.54) is 28.7 Å². The summed E-state index contributed by atoms with van der Waals surface area (Å²) in [5, 5.41) is 18.6. The van der Waals surface area contributed by atoms with Gasteiger partial charge in [0.1, 0.15) is 17.1 Å². The molecular weight excluding hydrogens is 352 g/mol. The fourth-order valence-corrected chi connectivity index (χ4v) is 4.41. The van der Waals surface area contributed by atoms with Crippen molar-refractivity contribution < 1.29 is 24.5 Å². The predicted molar refractivity (Wildman–Crippen MR) is 99.7 cm³/mol. The molecule has 2 aromatic carbocycles. The predicted octanol–water partition coefficient (Wildman–Crippen LogP) is 4.13. The SMILES string of the molecule is CC1(C)CCSc2ccc(C(=O)COc3ccc(C(=O)O)c(O)c3)cc21. The van der Waals surface area contributed by atoms with Gasteiger partial charge in [-0.1, -0.05) is 19.9 Å². The number of hydrogen-bond acceptors (Lipinski definition) is 5. The highest BCUT2D eigenvalue weighted by Crippen LogP contribution is 2.41. The van der Waals surface area contributed by atoms with Crippen molar-refractivity contribution in [1.29, 1.82) is 0 Å². The largest absolute Gasteiger partial charge is 0.507 e. The van der Waals surface area contributed by atoms with Gasteiger partial charge in [0.25, 0.3) is 0 Å². The molecule has 1 aliphatic rings. The lowest BCUT2D eigenvalue weighted by molar-refractivity contribution is 0.0693. The van der Waals surface area contributed by atoms with Crippen LogP contribution in [0.5, 0.6) is 11.5 Å². The number of rotatable bonds is 5. The zero-order valence-corrected chi connectivity index (χ0v) is 15.4. The number of carbonyl (C=O) groups excluding carboxylic acids is 1. The summed E-state index contributed by atoms with van der Waals surface area (Å²) >= 11 is 1.81. The molecule has 0 fully saturated rings. The normalized spacial score (nSPS) is 15.2. The van der Waals surface area contributed by atoms with Gasteiger partial charge in [0.05, 0.1) is 0 Å². The summed E-state index contributed by atoms with van der Waals surface area (Å²) in [4.78, 5) is 24.6. The van der Waals surface area contributed by atoms with Gasteiger partial charge in [0.2, 0.25) is 0 Å². The van der Waals surface area contributed by atoms with Crippen LogP contribution in [0.25, 0.3) is 0 Å².